The lowest BCUT2D eigenvalue weighted by Crippen LogP contribution is -2.49. The van der Waals surface area contributed by atoms with Gasteiger partial charge < -0.3 is 9.84 Å². The molecule has 156 valence electrons. The number of carboxylic acid groups (broad SMARTS) is 1. The Balaban J connectivity index is 1.48. The maximum absolute atomic E-state index is 13.0. The molecule has 0 heterocycles. The summed E-state index contributed by atoms with van der Waals surface area (Å²) in [6.45, 7) is 2.18. The molecule has 0 radical (unpaired) electrons. The quantitative estimate of drug-likeness (QED) is 0.518. The number of esters is 1. The fraction of sp³-hybridized carbons (Fsp3) is 0.462. The van der Waals surface area contributed by atoms with E-state index in [0.29, 0.717) is 5.56 Å². The lowest BCUT2D eigenvalue weighted by Gasteiger charge is -2.57. The van der Waals surface area contributed by atoms with Gasteiger partial charge in [-0.15, -0.1) is 0 Å². The van der Waals surface area contributed by atoms with Gasteiger partial charge >= 0.3 is 11.9 Å². The third kappa shape index (κ3) is 3.23. The first kappa shape index (κ1) is 19.3. The second kappa shape index (κ2) is 7.26. The number of ether oxygens (including phenoxy) is 1. The van der Waals surface area contributed by atoms with Gasteiger partial charge in [0.2, 0.25) is 0 Å². The zero-order valence-corrected chi connectivity index (χ0v) is 17.4. The van der Waals surface area contributed by atoms with Crippen LogP contribution in [0.25, 0.3) is 0 Å². The molecule has 4 fully saturated rings. The van der Waals surface area contributed by atoms with E-state index < -0.39 is 11.9 Å². The largest absolute Gasteiger partial charge is 0.478 e. The van der Waals surface area contributed by atoms with Gasteiger partial charge in [-0.25, -0.2) is 9.59 Å². The summed E-state index contributed by atoms with van der Waals surface area (Å²) < 4.78 is 5.52. The highest BCUT2D eigenvalue weighted by atomic mass is 16.5. The summed E-state index contributed by atoms with van der Waals surface area (Å²) in [5, 5.41) is 9.37. The Bertz CT molecular complexity index is 971. The van der Waals surface area contributed by atoms with Crippen molar-refractivity contribution in [1.29, 1.82) is 0 Å². The summed E-state index contributed by atoms with van der Waals surface area (Å²) >= 11 is 0. The summed E-state index contributed by atoms with van der Waals surface area (Å²) in [7, 11) is 0. The minimum Gasteiger partial charge on any atom is -0.478 e. The normalized spacial score (nSPS) is 29.0. The van der Waals surface area contributed by atoms with Gasteiger partial charge in [-0.1, -0.05) is 25.1 Å². The van der Waals surface area contributed by atoms with Crippen LogP contribution in [0.2, 0.25) is 0 Å². The van der Waals surface area contributed by atoms with Gasteiger partial charge in [0.05, 0.1) is 5.56 Å². The summed E-state index contributed by atoms with van der Waals surface area (Å²) in [5.74, 6) is 0.995. The van der Waals surface area contributed by atoms with Crippen LogP contribution in [-0.4, -0.2) is 17.0 Å². The van der Waals surface area contributed by atoms with E-state index in [-0.39, 0.29) is 16.7 Å². The lowest BCUT2D eigenvalue weighted by atomic mass is 9.47. The molecule has 4 saturated carbocycles. The van der Waals surface area contributed by atoms with Crippen molar-refractivity contribution in [2.24, 2.45) is 17.8 Å². The van der Waals surface area contributed by atoms with E-state index in [1.165, 1.54) is 61.8 Å². The van der Waals surface area contributed by atoms with Crippen LogP contribution in [-0.2, 0) is 11.8 Å². The summed E-state index contributed by atoms with van der Waals surface area (Å²) in [5.41, 5.74) is 3.38. The number of carboxylic acids is 1. The molecule has 2 aromatic carbocycles. The van der Waals surface area contributed by atoms with Gasteiger partial charge in [-0.2, -0.15) is 0 Å². The number of aryl methyl sites for hydroxylation is 1. The van der Waals surface area contributed by atoms with E-state index in [0.717, 1.165) is 24.2 Å². The van der Waals surface area contributed by atoms with Crippen LogP contribution in [0.3, 0.4) is 0 Å². The zero-order valence-electron chi connectivity index (χ0n) is 17.4. The van der Waals surface area contributed by atoms with E-state index in [2.05, 4.69) is 19.1 Å². The molecule has 4 heteroatoms. The Kier molecular flexibility index (Phi) is 4.68. The number of hydrogen-bond acceptors (Lipinski definition) is 3. The Morgan fingerprint density at radius 3 is 2.23 bits per heavy atom. The number of carbonyl (C=O) groups is 2. The third-order valence-electron chi connectivity index (χ3n) is 7.66. The fourth-order valence-electron chi connectivity index (χ4n) is 6.84. The monoisotopic (exact) mass is 404 g/mol. The predicted molar refractivity (Wildman–Crippen MR) is 114 cm³/mol. The second-order valence-electron chi connectivity index (χ2n) is 9.61. The van der Waals surface area contributed by atoms with Crippen molar-refractivity contribution in [3.8, 4) is 5.75 Å². The van der Waals surface area contributed by atoms with E-state index >= 15 is 0 Å². The van der Waals surface area contributed by atoms with Crippen molar-refractivity contribution in [1.82, 2.24) is 0 Å². The van der Waals surface area contributed by atoms with Gasteiger partial charge in [0.25, 0.3) is 0 Å². The van der Waals surface area contributed by atoms with E-state index in [1.807, 2.05) is 6.07 Å². The maximum Gasteiger partial charge on any atom is 0.343 e. The molecule has 0 amide bonds. The number of carbonyl (C=O) groups excluding carboxylic acids is 1. The smallest absolute Gasteiger partial charge is 0.343 e. The first-order chi connectivity index (χ1) is 14.5. The Hall–Kier alpha value is -2.62. The number of para-hydroxylation sites is 1. The van der Waals surface area contributed by atoms with Crippen molar-refractivity contribution in [3.05, 3.63) is 64.7 Å². The molecule has 30 heavy (non-hydrogen) atoms. The molecule has 0 saturated heterocycles. The van der Waals surface area contributed by atoms with E-state index in [4.69, 9.17) is 4.74 Å². The van der Waals surface area contributed by atoms with Crippen LogP contribution < -0.4 is 4.74 Å². The van der Waals surface area contributed by atoms with E-state index in [9.17, 15) is 14.7 Å². The minimum atomic E-state index is -1.10. The van der Waals surface area contributed by atoms with Gasteiger partial charge in [0.15, 0.2) is 0 Å². The van der Waals surface area contributed by atoms with Crippen molar-refractivity contribution in [2.45, 2.75) is 57.3 Å². The highest BCUT2D eigenvalue weighted by Crippen LogP contribution is 2.61. The summed E-state index contributed by atoms with van der Waals surface area (Å²) in [4.78, 5) is 24.4. The molecule has 4 bridgehead atoms. The average molecular weight is 405 g/mol. The molecule has 2 aromatic rings. The fourth-order valence-corrected chi connectivity index (χ4v) is 6.84. The second-order valence-corrected chi connectivity index (χ2v) is 9.61. The Morgan fingerprint density at radius 1 is 1.00 bits per heavy atom. The van der Waals surface area contributed by atoms with Crippen molar-refractivity contribution in [3.63, 3.8) is 0 Å². The van der Waals surface area contributed by atoms with Gasteiger partial charge in [-0.05, 0) is 104 Å². The molecule has 1 N–H and O–H groups in total. The molecular weight excluding hydrogens is 376 g/mol. The van der Waals surface area contributed by atoms with Crippen LogP contribution in [0.4, 0.5) is 0 Å². The zero-order chi connectivity index (χ0) is 20.9. The predicted octanol–water partition coefficient (Wildman–Crippen LogP) is 5.63. The standard InChI is InChI=1S/C26H28O4/c1-2-19-7-8-20(25(29)30-23-6-4-3-5-21(23)24(27)28)12-22(19)26-13-16-9-17(14-26)11-18(10-16)15-26/h3-8,12,16-18H,2,9-11,13-15H2,1H3,(H,27,28). The lowest BCUT2D eigenvalue weighted by molar-refractivity contribution is -0.00558. The van der Waals surface area contributed by atoms with Gasteiger partial charge in [-0.3, -0.25) is 0 Å². The topological polar surface area (TPSA) is 63.6 Å². The molecule has 0 aromatic heterocycles. The van der Waals surface area contributed by atoms with E-state index in [1.54, 1.807) is 12.1 Å². The van der Waals surface area contributed by atoms with Crippen LogP contribution in [0.1, 0.15) is 77.3 Å². The van der Waals surface area contributed by atoms with Crippen LogP contribution in [0.15, 0.2) is 42.5 Å². The number of aromatic carboxylic acids is 1. The highest BCUT2D eigenvalue weighted by molar-refractivity contribution is 5.95. The summed E-state index contributed by atoms with van der Waals surface area (Å²) in [6.07, 6.45) is 8.83. The average Bonchev–Trinajstić information content (AvgIpc) is 2.72. The highest BCUT2D eigenvalue weighted by Gasteiger charge is 2.52. The number of benzene rings is 2. The van der Waals surface area contributed by atoms with Crippen molar-refractivity contribution < 1.29 is 19.4 Å². The first-order valence-electron chi connectivity index (χ1n) is 11.2. The first-order valence-corrected chi connectivity index (χ1v) is 11.2. The SMILES string of the molecule is CCc1ccc(C(=O)Oc2ccccc2C(=O)O)cc1C12CC3CC(CC(C3)C1)C2. The molecule has 0 spiro atoms. The molecule has 0 unspecified atom stereocenters. The molecule has 4 aliphatic carbocycles. The van der Waals surface area contributed by atoms with Crippen molar-refractivity contribution in [2.75, 3.05) is 0 Å². The molecule has 6 rings (SSSR count). The Labute approximate surface area is 177 Å². The van der Waals surface area contributed by atoms with Crippen LogP contribution in [0, 0.1) is 17.8 Å². The van der Waals surface area contributed by atoms with Crippen LogP contribution >= 0.6 is 0 Å². The molecule has 4 nitrogen and oxygen atoms in total. The molecule has 0 atom stereocenters. The number of hydrogen-bond donors (Lipinski definition) is 1. The maximum atomic E-state index is 13.0. The molecular formula is C26H28O4. The molecule has 0 aliphatic heterocycles. The van der Waals surface area contributed by atoms with Crippen molar-refractivity contribution >= 4 is 11.9 Å². The third-order valence-corrected chi connectivity index (χ3v) is 7.66. The minimum absolute atomic E-state index is 0.00247. The summed E-state index contributed by atoms with van der Waals surface area (Å²) in [6, 6.07) is 12.2. The Morgan fingerprint density at radius 2 is 1.63 bits per heavy atom. The number of rotatable bonds is 5. The van der Waals surface area contributed by atoms with Crippen LogP contribution in [0.5, 0.6) is 5.75 Å². The van der Waals surface area contributed by atoms with Gasteiger partial charge in [0, 0.05) is 0 Å². The van der Waals surface area contributed by atoms with Gasteiger partial charge in [0.1, 0.15) is 11.3 Å². The molecule has 4 aliphatic rings.